The number of thiazole rings is 1. The van der Waals surface area contributed by atoms with E-state index in [4.69, 9.17) is 9.15 Å². The molecule has 8 heteroatoms. The van der Waals surface area contributed by atoms with Crippen LogP contribution in [0.5, 0.6) is 5.75 Å². The average molecular weight is 466 g/mol. The van der Waals surface area contributed by atoms with Crippen molar-refractivity contribution in [3.8, 4) is 5.75 Å². The van der Waals surface area contributed by atoms with Gasteiger partial charge in [0.25, 0.3) is 11.5 Å². The third kappa shape index (κ3) is 4.06. The lowest BCUT2D eigenvalue weighted by atomic mass is 9.94. The van der Waals surface area contributed by atoms with Crippen molar-refractivity contribution in [2.75, 3.05) is 20.2 Å². The highest BCUT2D eigenvalue weighted by Crippen LogP contribution is 2.35. The number of nitrogens with zero attached hydrogens (tertiary/aromatic N) is 3. The summed E-state index contributed by atoms with van der Waals surface area (Å²) in [6.07, 6.45) is 1.72. The van der Waals surface area contributed by atoms with E-state index < -0.39 is 6.04 Å². The number of allylic oxidation sites excluding steroid dienone is 1. The SMILES string of the molecule is CCN(CC)C(=O)C1=C(C)N=c2s/c(=C/c3ccc(C)o3)c(=O)n2[C@H]1c1ccccc1OC. The topological polar surface area (TPSA) is 77.0 Å². The number of aryl methyl sites for hydroxylation is 1. The molecule has 1 aliphatic rings. The fourth-order valence-corrected chi connectivity index (χ4v) is 5.15. The van der Waals surface area contributed by atoms with Crippen LogP contribution in [0.1, 0.15) is 43.9 Å². The second kappa shape index (κ2) is 9.23. The fraction of sp³-hybridized carbons (Fsp3) is 0.320. The normalized spacial score (nSPS) is 15.9. The number of hydrogen-bond donors (Lipinski definition) is 0. The van der Waals surface area contributed by atoms with Gasteiger partial charge in [0, 0.05) is 24.7 Å². The molecule has 0 radical (unpaired) electrons. The highest BCUT2D eigenvalue weighted by atomic mass is 32.1. The Balaban J connectivity index is 2.00. The van der Waals surface area contributed by atoms with E-state index in [0.29, 0.717) is 45.2 Å². The third-order valence-corrected chi connectivity index (χ3v) is 6.75. The molecule has 1 atom stereocenters. The number of methoxy groups -OCH3 is 1. The zero-order valence-electron chi connectivity index (χ0n) is 19.4. The second-order valence-corrected chi connectivity index (χ2v) is 8.76. The van der Waals surface area contributed by atoms with Gasteiger partial charge < -0.3 is 14.1 Å². The van der Waals surface area contributed by atoms with Gasteiger partial charge in [-0.25, -0.2) is 4.99 Å². The Morgan fingerprint density at radius 3 is 2.58 bits per heavy atom. The Hall–Kier alpha value is -3.39. The van der Waals surface area contributed by atoms with Gasteiger partial charge in [0.2, 0.25) is 0 Å². The number of para-hydroxylation sites is 1. The van der Waals surface area contributed by atoms with E-state index in [0.717, 1.165) is 11.3 Å². The quantitative estimate of drug-likeness (QED) is 0.561. The van der Waals surface area contributed by atoms with Crippen molar-refractivity contribution in [2.24, 2.45) is 4.99 Å². The van der Waals surface area contributed by atoms with Gasteiger partial charge in [-0.05, 0) is 45.9 Å². The summed E-state index contributed by atoms with van der Waals surface area (Å²) >= 11 is 1.28. The number of fused-ring (bicyclic) bond motifs is 1. The zero-order chi connectivity index (χ0) is 23.7. The first-order chi connectivity index (χ1) is 15.9. The highest BCUT2D eigenvalue weighted by Gasteiger charge is 2.35. The molecule has 0 saturated heterocycles. The van der Waals surface area contributed by atoms with Crippen molar-refractivity contribution < 1.29 is 13.9 Å². The Morgan fingerprint density at radius 2 is 1.94 bits per heavy atom. The summed E-state index contributed by atoms with van der Waals surface area (Å²) < 4.78 is 13.4. The van der Waals surface area contributed by atoms with E-state index in [1.54, 1.807) is 22.7 Å². The molecule has 0 fully saturated rings. The number of benzene rings is 1. The molecule has 0 aliphatic carbocycles. The third-order valence-electron chi connectivity index (χ3n) is 5.77. The standard InChI is InChI=1S/C25H27N3O4S/c1-6-27(7-2)24(30)21-16(4)26-25-28(22(21)18-10-8-9-11-19(18)31-5)23(29)20(33-25)14-17-13-12-15(3)32-17/h8-14,22H,6-7H2,1-5H3/b20-14+/t22-/m0/s1. The predicted octanol–water partition coefficient (Wildman–Crippen LogP) is 3.01. The van der Waals surface area contributed by atoms with Gasteiger partial charge in [-0.15, -0.1) is 0 Å². The zero-order valence-corrected chi connectivity index (χ0v) is 20.2. The number of carbonyl (C=O) groups is 1. The Labute approximate surface area is 195 Å². The smallest absolute Gasteiger partial charge is 0.271 e. The van der Waals surface area contributed by atoms with Crippen molar-refractivity contribution in [3.63, 3.8) is 0 Å². The van der Waals surface area contributed by atoms with Crippen LogP contribution in [0.2, 0.25) is 0 Å². The highest BCUT2D eigenvalue weighted by molar-refractivity contribution is 7.07. The van der Waals surface area contributed by atoms with E-state index in [9.17, 15) is 9.59 Å². The van der Waals surface area contributed by atoms with Gasteiger partial charge in [0.1, 0.15) is 23.3 Å². The van der Waals surface area contributed by atoms with E-state index in [2.05, 4.69) is 4.99 Å². The largest absolute Gasteiger partial charge is 0.496 e. The number of rotatable bonds is 6. The second-order valence-electron chi connectivity index (χ2n) is 7.75. The maximum atomic E-state index is 13.6. The van der Waals surface area contributed by atoms with Gasteiger partial charge in [-0.2, -0.15) is 0 Å². The number of likely N-dealkylation sites (N-methyl/N-ethyl adjacent to an activating group) is 1. The summed E-state index contributed by atoms with van der Waals surface area (Å²) in [4.78, 5) is 34.2. The molecule has 0 N–H and O–H groups in total. The lowest BCUT2D eigenvalue weighted by Gasteiger charge is -2.29. The van der Waals surface area contributed by atoms with Gasteiger partial charge in [0.15, 0.2) is 4.80 Å². The summed E-state index contributed by atoms with van der Waals surface area (Å²) in [5.74, 6) is 1.84. The first-order valence-electron chi connectivity index (χ1n) is 10.9. The molecular formula is C25H27N3O4S. The molecule has 0 spiro atoms. The first kappa shape index (κ1) is 22.8. The number of ether oxygens (including phenoxy) is 1. The number of aromatic nitrogens is 1. The molecule has 3 heterocycles. The van der Waals surface area contributed by atoms with Crippen LogP contribution in [-0.4, -0.2) is 35.6 Å². The summed E-state index contributed by atoms with van der Waals surface area (Å²) in [7, 11) is 1.59. The van der Waals surface area contributed by atoms with Crippen LogP contribution < -0.4 is 19.6 Å². The monoisotopic (exact) mass is 465 g/mol. The molecule has 0 bridgehead atoms. The number of carbonyl (C=O) groups excluding carboxylic acids is 1. The van der Waals surface area contributed by atoms with E-state index in [1.165, 1.54) is 11.3 Å². The van der Waals surface area contributed by atoms with Gasteiger partial charge in [-0.1, -0.05) is 29.5 Å². The van der Waals surface area contributed by atoms with E-state index in [-0.39, 0.29) is 11.5 Å². The van der Waals surface area contributed by atoms with Gasteiger partial charge >= 0.3 is 0 Å². The van der Waals surface area contributed by atoms with Crippen LogP contribution in [0, 0.1) is 6.92 Å². The summed E-state index contributed by atoms with van der Waals surface area (Å²) in [6.45, 7) is 8.69. The first-order valence-corrected chi connectivity index (χ1v) is 11.7. The average Bonchev–Trinajstić information content (AvgIpc) is 3.35. The van der Waals surface area contributed by atoms with Crippen LogP contribution in [-0.2, 0) is 4.79 Å². The van der Waals surface area contributed by atoms with Crippen LogP contribution >= 0.6 is 11.3 Å². The van der Waals surface area contributed by atoms with Crippen LogP contribution in [0.4, 0.5) is 0 Å². The molecule has 7 nitrogen and oxygen atoms in total. The minimum atomic E-state index is -0.647. The van der Waals surface area contributed by atoms with Crippen molar-refractivity contribution in [3.05, 3.63) is 84.4 Å². The summed E-state index contributed by atoms with van der Waals surface area (Å²) in [5, 5.41) is 0. The molecule has 172 valence electrons. The summed E-state index contributed by atoms with van der Waals surface area (Å²) in [5.41, 5.74) is 1.60. The summed E-state index contributed by atoms with van der Waals surface area (Å²) in [6, 6.07) is 10.5. The Morgan fingerprint density at radius 1 is 1.21 bits per heavy atom. The molecule has 2 aromatic heterocycles. The van der Waals surface area contributed by atoms with E-state index >= 15 is 0 Å². The lowest BCUT2D eigenvalue weighted by molar-refractivity contribution is -0.127. The van der Waals surface area contributed by atoms with Crippen molar-refractivity contribution in [1.82, 2.24) is 9.47 Å². The maximum absolute atomic E-state index is 13.6. The predicted molar refractivity (Wildman–Crippen MR) is 128 cm³/mol. The van der Waals surface area contributed by atoms with Crippen molar-refractivity contribution in [2.45, 2.75) is 33.7 Å². The minimum Gasteiger partial charge on any atom is -0.496 e. The lowest BCUT2D eigenvalue weighted by Crippen LogP contribution is -2.43. The maximum Gasteiger partial charge on any atom is 0.271 e. The molecule has 1 aliphatic heterocycles. The fourth-order valence-electron chi connectivity index (χ4n) is 4.12. The number of hydrogen-bond acceptors (Lipinski definition) is 6. The molecule has 0 saturated carbocycles. The molecule has 1 amide bonds. The van der Waals surface area contributed by atoms with Crippen LogP contribution in [0.15, 0.2) is 61.9 Å². The molecule has 0 unspecified atom stereocenters. The van der Waals surface area contributed by atoms with Gasteiger partial charge in [-0.3, -0.25) is 14.2 Å². The molecule has 1 aromatic carbocycles. The molecular weight excluding hydrogens is 438 g/mol. The number of amides is 1. The number of furan rings is 1. The van der Waals surface area contributed by atoms with Crippen LogP contribution in [0.25, 0.3) is 6.08 Å². The molecule has 4 rings (SSSR count). The Bertz CT molecular complexity index is 1410. The minimum absolute atomic E-state index is 0.131. The molecule has 33 heavy (non-hydrogen) atoms. The Kier molecular flexibility index (Phi) is 6.37. The van der Waals surface area contributed by atoms with Crippen LogP contribution in [0.3, 0.4) is 0 Å². The van der Waals surface area contributed by atoms with Gasteiger partial charge in [0.05, 0.1) is 22.9 Å². The van der Waals surface area contributed by atoms with E-state index in [1.807, 2.05) is 64.1 Å². The van der Waals surface area contributed by atoms with Crippen molar-refractivity contribution in [1.29, 1.82) is 0 Å². The van der Waals surface area contributed by atoms with Crippen molar-refractivity contribution >= 4 is 23.3 Å². The molecule has 3 aromatic rings.